The highest BCUT2D eigenvalue weighted by Crippen LogP contribution is 2.37. The SMILES string of the molecule is O=C(C[C@H](c1ccccc1)c1ccc2c(c1)OCO2)NCCN1CCCCC1=O. The van der Waals surface area contributed by atoms with Crippen LogP contribution in [0.2, 0.25) is 0 Å². The average molecular weight is 394 g/mol. The van der Waals surface area contributed by atoms with Crippen LogP contribution in [-0.2, 0) is 9.59 Å². The Morgan fingerprint density at radius 3 is 2.69 bits per heavy atom. The van der Waals surface area contributed by atoms with Gasteiger partial charge < -0.3 is 19.7 Å². The lowest BCUT2D eigenvalue weighted by Crippen LogP contribution is -2.41. The number of piperidine rings is 1. The maximum absolute atomic E-state index is 12.7. The van der Waals surface area contributed by atoms with Gasteiger partial charge in [0, 0.05) is 38.4 Å². The van der Waals surface area contributed by atoms with Gasteiger partial charge in [-0.1, -0.05) is 36.4 Å². The Morgan fingerprint density at radius 2 is 1.86 bits per heavy atom. The molecule has 1 fully saturated rings. The van der Waals surface area contributed by atoms with Crippen LogP contribution >= 0.6 is 0 Å². The van der Waals surface area contributed by atoms with Crippen molar-refractivity contribution in [3.05, 3.63) is 59.7 Å². The molecule has 0 saturated carbocycles. The third-order valence-corrected chi connectivity index (χ3v) is 5.52. The molecule has 0 aliphatic carbocycles. The molecular formula is C23H26N2O4. The van der Waals surface area contributed by atoms with Crippen molar-refractivity contribution in [1.82, 2.24) is 10.2 Å². The smallest absolute Gasteiger partial charge is 0.231 e. The van der Waals surface area contributed by atoms with Crippen molar-refractivity contribution in [2.75, 3.05) is 26.4 Å². The van der Waals surface area contributed by atoms with Crippen LogP contribution in [0.15, 0.2) is 48.5 Å². The van der Waals surface area contributed by atoms with E-state index in [1.807, 2.05) is 53.4 Å². The van der Waals surface area contributed by atoms with Gasteiger partial charge in [0.15, 0.2) is 11.5 Å². The molecule has 2 amide bonds. The van der Waals surface area contributed by atoms with Crippen LogP contribution in [0.5, 0.6) is 11.5 Å². The number of rotatable bonds is 7. The summed E-state index contributed by atoms with van der Waals surface area (Å²) in [6, 6.07) is 15.8. The Bertz CT molecular complexity index is 868. The first kappa shape index (κ1) is 19.3. The molecule has 6 nitrogen and oxygen atoms in total. The summed E-state index contributed by atoms with van der Waals surface area (Å²) >= 11 is 0. The number of carbonyl (C=O) groups is 2. The van der Waals surface area contributed by atoms with Gasteiger partial charge >= 0.3 is 0 Å². The number of carbonyl (C=O) groups excluding carboxylic acids is 2. The van der Waals surface area contributed by atoms with Gasteiger partial charge in [0.2, 0.25) is 18.6 Å². The summed E-state index contributed by atoms with van der Waals surface area (Å²) in [7, 11) is 0. The number of ether oxygens (including phenoxy) is 2. The van der Waals surface area contributed by atoms with Gasteiger partial charge in [-0.25, -0.2) is 0 Å². The largest absolute Gasteiger partial charge is 0.454 e. The fourth-order valence-corrected chi connectivity index (χ4v) is 3.93. The highest BCUT2D eigenvalue weighted by Gasteiger charge is 2.22. The zero-order valence-corrected chi connectivity index (χ0v) is 16.4. The molecule has 2 aromatic carbocycles. The number of hydrogen-bond donors (Lipinski definition) is 1. The number of hydrogen-bond acceptors (Lipinski definition) is 4. The summed E-state index contributed by atoms with van der Waals surface area (Å²) in [4.78, 5) is 26.4. The minimum Gasteiger partial charge on any atom is -0.454 e. The molecule has 0 unspecified atom stereocenters. The van der Waals surface area contributed by atoms with Crippen LogP contribution in [0.4, 0.5) is 0 Å². The van der Waals surface area contributed by atoms with Crippen LogP contribution < -0.4 is 14.8 Å². The van der Waals surface area contributed by atoms with E-state index in [1.165, 1.54) is 0 Å². The van der Waals surface area contributed by atoms with Gasteiger partial charge in [0.25, 0.3) is 0 Å². The quantitative estimate of drug-likeness (QED) is 0.784. The molecule has 1 N–H and O–H groups in total. The third kappa shape index (κ3) is 4.70. The highest BCUT2D eigenvalue weighted by molar-refractivity contribution is 5.78. The predicted octanol–water partition coefficient (Wildman–Crippen LogP) is 3.07. The number of fused-ring (bicyclic) bond motifs is 1. The van der Waals surface area contributed by atoms with E-state index in [-0.39, 0.29) is 24.5 Å². The van der Waals surface area contributed by atoms with Crippen molar-refractivity contribution in [3.63, 3.8) is 0 Å². The van der Waals surface area contributed by atoms with Gasteiger partial charge in [-0.05, 0) is 36.1 Å². The number of benzene rings is 2. The molecule has 2 aliphatic rings. The molecule has 0 bridgehead atoms. The predicted molar refractivity (Wildman–Crippen MR) is 109 cm³/mol. The van der Waals surface area contributed by atoms with Gasteiger partial charge in [-0.2, -0.15) is 0 Å². The maximum Gasteiger partial charge on any atom is 0.231 e. The van der Waals surface area contributed by atoms with E-state index in [4.69, 9.17) is 9.47 Å². The molecule has 2 heterocycles. The zero-order valence-electron chi connectivity index (χ0n) is 16.4. The van der Waals surface area contributed by atoms with Gasteiger partial charge in [-0.3, -0.25) is 9.59 Å². The Balaban J connectivity index is 1.41. The molecular weight excluding hydrogens is 368 g/mol. The Morgan fingerprint density at radius 1 is 1.03 bits per heavy atom. The Labute approximate surface area is 170 Å². The van der Waals surface area contributed by atoms with Crippen molar-refractivity contribution >= 4 is 11.8 Å². The summed E-state index contributed by atoms with van der Waals surface area (Å²) in [5.41, 5.74) is 2.09. The minimum atomic E-state index is -0.0812. The molecule has 1 atom stereocenters. The molecule has 2 aliphatic heterocycles. The lowest BCUT2D eigenvalue weighted by atomic mass is 9.88. The first-order valence-corrected chi connectivity index (χ1v) is 10.2. The number of amides is 2. The van der Waals surface area contributed by atoms with Crippen LogP contribution in [0.3, 0.4) is 0 Å². The van der Waals surface area contributed by atoms with Crippen LogP contribution in [0.1, 0.15) is 42.7 Å². The van der Waals surface area contributed by atoms with Gasteiger partial charge in [0.05, 0.1) is 0 Å². The molecule has 2 aromatic rings. The lowest BCUT2D eigenvalue weighted by molar-refractivity contribution is -0.133. The van der Waals surface area contributed by atoms with Crippen molar-refractivity contribution < 1.29 is 19.1 Å². The molecule has 0 spiro atoms. The standard InChI is InChI=1S/C23H26N2O4/c26-22(24-11-13-25-12-5-4-8-23(25)27)15-19(17-6-2-1-3-7-17)18-9-10-20-21(14-18)29-16-28-20/h1-3,6-7,9-10,14,19H,4-5,8,11-13,15-16H2,(H,24,26)/t19-/m1/s1. The molecule has 1 saturated heterocycles. The van der Waals surface area contributed by atoms with Crippen molar-refractivity contribution in [2.24, 2.45) is 0 Å². The Kier molecular flexibility index (Phi) is 5.98. The van der Waals surface area contributed by atoms with Crippen molar-refractivity contribution in [1.29, 1.82) is 0 Å². The summed E-state index contributed by atoms with van der Waals surface area (Å²) in [6.07, 6.45) is 2.96. The van der Waals surface area contributed by atoms with E-state index in [0.717, 1.165) is 36.3 Å². The normalized spacial score (nSPS) is 16.6. The van der Waals surface area contributed by atoms with Crippen molar-refractivity contribution in [3.8, 4) is 11.5 Å². The second kappa shape index (κ2) is 8.99. The van der Waals surface area contributed by atoms with Gasteiger partial charge in [-0.15, -0.1) is 0 Å². The minimum absolute atomic E-state index is 0.0269. The van der Waals surface area contributed by atoms with Crippen molar-refractivity contribution in [2.45, 2.75) is 31.6 Å². The topological polar surface area (TPSA) is 67.9 Å². The second-order valence-corrected chi connectivity index (χ2v) is 7.47. The fourth-order valence-electron chi connectivity index (χ4n) is 3.93. The zero-order chi connectivity index (χ0) is 20.1. The number of nitrogens with zero attached hydrogens (tertiary/aromatic N) is 1. The second-order valence-electron chi connectivity index (χ2n) is 7.47. The molecule has 4 rings (SSSR count). The molecule has 6 heteroatoms. The van der Waals surface area contributed by atoms with Gasteiger partial charge in [0.1, 0.15) is 0 Å². The average Bonchev–Trinajstić information content (AvgIpc) is 3.22. The molecule has 0 aromatic heterocycles. The van der Waals surface area contributed by atoms with E-state index in [0.29, 0.717) is 31.7 Å². The monoisotopic (exact) mass is 394 g/mol. The Hall–Kier alpha value is -3.02. The van der Waals surface area contributed by atoms with E-state index in [9.17, 15) is 9.59 Å². The first-order valence-electron chi connectivity index (χ1n) is 10.2. The maximum atomic E-state index is 12.7. The third-order valence-electron chi connectivity index (χ3n) is 5.52. The van der Waals surface area contributed by atoms with Crippen LogP contribution in [0, 0.1) is 0 Å². The first-order chi connectivity index (χ1) is 14.2. The number of likely N-dealkylation sites (tertiary alicyclic amines) is 1. The van der Waals surface area contributed by atoms with E-state index < -0.39 is 0 Å². The van der Waals surface area contributed by atoms with E-state index in [2.05, 4.69) is 5.32 Å². The lowest BCUT2D eigenvalue weighted by Gasteiger charge is -2.26. The van der Waals surface area contributed by atoms with E-state index >= 15 is 0 Å². The summed E-state index contributed by atoms with van der Waals surface area (Å²) < 4.78 is 10.9. The van der Waals surface area contributed by atoms with E-state index in [1.54, 1.807) is 0 Å². The molecule has 0 radical (unpaired) electrons. The number of nitrogens with one attached hydrogen (secondary N) is 1. The summed E-state index contributed by atoms with van der Waals surface area (Å²) in [5.74, 6) is 1.53. The fraction of sp³-hybridized carbons (Fsp3) is 0.391. The molecule has 29 heavy (non-hydrogen) atoms. The molecule has 152 valence electrons. The highest BCUT2D eigenvalue weighted by atomic mass is 16.7. The van der Waals surface area contributed by atoms with Crippen LogP contribution in [0.25, 0.3) is 0 Å². The summed E-state index contributed by atoms with van der Waals surface area (Å²) in [6.45, 7) is 2.07. The summed E-state index contributed by atoms with van der Waals surface area (Å²) in [5, 5.41) is 2.98. The van der Waals surface area contributed by atoms with Crippen LogP contribution in [-0.4, -0.2) is 43.1 Å².